The van der Waals surface area contributed by atoms with Gasteiger partial charge in [0.1, 0.15) is 0 Å². The van der Waals surface area contributed by atoms with Gasteiger partial charge in [-0.15, -0.1) is 0 Å². The van der Waals surface area contributed by atoms with E-state index in [0.29, 0.717) is 11.0 Å². The van der Waals surface area contributed by atoms with Gasteiger partial charge in [0.05, 0.1) is 0 Å². The molecule has 0 aliphatic carbocycles. The highest BCUT2D eigenvalue weighted by atomic mass is 79.9. The van der Waals surface area contributed by atoms with Gasteiger partial charge in [0.25, 0.3) is 0 Å². The molecule has 2 N–H and O–H groups in total. The van der Waals surface area contributed by atoms with Crippen LogP contribution in [0, 0.1) is 6.92 Å². The Morgan fingerprint density at radius 2 is 1.68 bits per heavy atom. The fraction of sp³-hybridized carbons (Fsp3) is 0.278. The van der Waals surface area contributed by atoms with Crippen LogP contribution in [-0.2, 0) is 0 Å². The first kappa shape index (κ1) is 17.0. The van der Waals surface area contributed by atoms with Crippen LogP contribution in [0.1, 0.15) is 37.3 Å². The summed E-state index contributed by atoms with van der Waals surface area (Å²) in [5.41, 5.74) is 4.51. The lowest BCUT2D eigenvalue weighted by atomic mass is 9.99. The van der Waals surface area contributed by atoms with Gasteiger partial charge in [-0.2, -0.15) is 0 Å². The first-order valence-corrected chi connectivity index (χ1v) is 8.64. The van der Waals surface area contributed by atoms with E-state index in [1.165, 1.54) is 11.1 Å². The van der Waals surface area contributed by atoms with E-state index >= 15 is 0 Å². The van der Waals surface area contributed by atoms with Gasteiger partial charge < -0.3 is 10.6 Å². The molecule has 0 radical (unpaired) electrons. The molecule has 2 nitrogen and oxygen atoms in total. The quantitative estimate of drug-likeness (QED) is 0.632. The number of nitrogens with one attached hydrogen (secondary N) is 2. The zero-order valence-corrected chi connectivity index (χ0v) is 15.5. The number of anilines is 2. The topological polar surface area (TPSA) is 24.1 Å². The molecular formula is C18H21BrN2S. The average Bonchev–Trinajstić information content (AvgIpc) is 2.51. The lowest BCUT2D eigenvalue weighted by molar-refractivity contribution is 0.734. The van der Waals surface area contributed by atoms with E-state index in [1.807, 2.05) is 12.1 Å². The number of hydrogen-bond acceptors (Lipinski definition) is 1. The molecule has 0 saturated heterocycles. The fourth-order valence-corrected chi connectivity index (χ4v) is 2.63. The molecule has 1 unspecified atom stereocenters. The van der Waals surface area contributed by atoms with Crippen LogP contribution in [0.15, 0.2) is 46.9 Å². The predicted octanol–water partition coefficient (Wildman–Crippen LogP) is 6.08. The average molecular weight is 377 g/mol. The summed E-state index contributed by atoms with van der Waals surface area (Å²) in [6, 6.07) is 14.5. The molecule has 0 aliphatic rings. The summed E-state index contributed by atoms with van der Waals surface area (Å²) in [7, 11) is 0. The van der Waals surface area contributed by atoms with E-state index in [4.69, 9.17) is 12.2 Å². The van der Waals surface area contributed by atoms with Crippen molar-refractivity contribution in [3.8, 4) is 0 Å². The highest BCUT2D eigenvalue weighted by molar-refractivity contribution is 9.10. The molecule has 2 aromatic carbocycles. The minimum atomic E-state index is 0.588. The molecule has 2 aromatic rings. The minimum Gasteiger partial charge on any atom is -0.332 e. The first-order valence-electron chi connectivity index (χ1n) is 7.43. The van der Waals surface area contributed by atoms with Gasteiger partial charge in [-0.05, 0) is 72.9 Å². The Hall–Kier alpha value is -1.39. The summed E-state index contributed by atoms with van der Waals surface area (Å²) in [6.07, 6.45) is 1.15. The molecule has 0 bridgehead atoms. The molecule has 0 aromatic heterocycles. The van der Waals surface area contributed by atoms with Crippen LogP contribution in [0.25, 0.3) is 0 Å². The van der Waals surface area contributed by atoms with E-state index in [2.05, 4.69) is 77.7 Å². The standard InChI is InChI=1S/C18H21BrN2S/c1-4-12(2)14-5-7-15(8-6-14)20-18(22)21-16-9-10-17(19)13(3)11-16/h5-12H,4H2,1-3H3,(H2,20,21,22). The number of halogens is 1. The second kappa shape index (κ2) is 7.75. The molecule has 0 heterocycles. The lowest BCUT2D eigenvalue weighted by Gasteiger charge is -2.13. The maximum atomic E-state index is 5.37. The molecule has 116 valence electrons. The molecule has 4 heteroatoms. The Bertz CT molecular complexity index is 653. The number of aryl methyl sites for hydroxylation is 1. The van der Waals surface area contributed by atoms with Crippen LogP contribution in [-0.4, -0.2) is 5.11 Å². The summed E-state index contributed by atoms with van der Waals surface area (Å²) >= 11 is 8.86. The van der Waals surface area contributed by atoms with Crippen molar-refractivity contribution in [3.63, 3.8) is 0 Å². The van der Waals surface area contributed by atoms with Crippen molar-refractivity contribution in [3.05, 3.63) is 58.1 Å². The van der Waals surface area contributed by atoms with E-state index in [-0.39, 0.29) is 0 Å². The number of benzene rings is 2. The van der Waals surface area contributed by atoms with Crippen molar-refractivity contribution in [2.24, 2.45) is 0 Å². The summed E-state index contributed by atoms with van der Waals surface area (Å²) < 4.78 is 1.09. The summed E-state index contributed by atoms with van der Waals surface area (Å²) in [5, 5.41) is 7.02. The molecular weight excluding hydrogens is 356 g/mol. The van der Waals surface area contributed by atoms with Gasteiger partial charge >= 0.3 is 0 Å². The van der Waals surface area contributed by atoms with Crippen LogP contribution in [0.5, 0.6) is 0 Å². The summed E-state index contributed by atoms with van der Waals surface area (Å²) in [5.74, 6) is 0.588. The zero-order valence-electron chi connectivity index (χ0n) is 13.1. The third-order valence-electron chi connectivity index (χ3n) is 3.77. The van der Waals surface area contributed by atoms with Crippen LogP contribution < -0.4 is 10.6 Å². The largest absolute Gasteiger partial charge is 0.332 e. The van der Waals surface area contributed by atoms with Crippen molar-refractivity contribution in [1.82, 2.24) is 0 Å². The number of thiocarbonyl (C=S) groups is 1. The van der Waals surface area contributed by atoms with Gasteiger partial charge in [0, 0.05) is 15.8 Å². The predicted molar refractivity (Wildman–Crippen MR) is 104 cm³/mol. The first-order chi connectivity index (χ1) is 10.5. The van der Waals surface area contributed by atoms with Gasteiger partial charge in [-0.3, -0.25) is 0 Å². The number of hydrogen-bond donors (Lipinski definition) is 2. The Morgan fingerprint density at radius 1 is 1.09 bits per heavy atom. The molecule has 0 amide bonds. The zero-order chi connectivity index (χ0) is 16.1. The SMILES string of the molecule is CCC(C)c1ccc(NC(=S)Nc2ccc(Br)c(C)c2)cc1. The van der Waals surface area contributed by atoms with Crippen molar-refractivity contribution < 1.29 is 0 Å². The summed E-state index contributed by atoms with van der Waals surface area (Å²) in [6.45, 7) is 6.50. The molecule has 0 fully saturated rings. The monoisotopic (exact) mass is 376 g/mol. The van der Waals surface area contributed by atoms with E-state index < -0.39 is 0 Å². The van der Waals surface area contributed by atoms with Gasteiger partial charge in [0.15, 0.2) is 5.11 Å². The van der Waals surface area contributed by atoms with Gasteiger partial charge in [0.2, 0.25) is 0 Å². The maximum absolute atomic E-state index is 5.37. The van der Waals surface area contributed by atoms with Crippen molar-refractivity contribution in [1.29, 1.82) is 0 Å². The van der Waals surface area contributed by atoms with Crippen LogP contribution >= 0.6 is 28.1 Å². The fourth-order valence-electron chi connectivity index (χ4n) is 2.15. The lowest BCUT2D eigenvalue weighted by Crippen LogP contribution is -2.19. The third kappa shape index (κ3) is 4.55. The highest BCUT2D eigenvalue weighted by Crippen LogP contribution is 2.22. The van der Waals surface area contributed by atoms with Crippen LogP contribution in [0.2, 0.25) is 0 Å². The summed E-state index contributed by atoms with van der Waals surface area (Å²) in [4.78, 5) is 0. The van der Waals surface area contributed by atoms with Gasteiger partial charge in [-0.25, -0.2) is 0 Å². The van der Waals surface area contributed by atoms with Crippen LogP contribution in [0.4, 0.5) is 11.4 Å². The Kier molecular flexibility index (Phi) is 5.98. The number of rotatable bonds is 4. The maximum Gasteiger partial charge on any atom is 0.175 e. The second-order valence-corrected chi connectivity index (χ2v) is 6.74. The van der Waals surface area contributed by atoms with Crippen molar-refractivity contribution >= 4 is 44.6 Å². The molecule has 2 rings (SSSR count). The molecule has 1 atom stereocenters. The van der Waals surface area contributed by atoms with E-state index in [0.717, 1.165) is 22.3 Å². The van der Waals surface area contributed by atoms with E-state index in [9.17, 15) is 0 Å². The molecule has 0 aliphatic heterocycles. The van der Waals surface area contributed by atoms with Crippen LogP contribution in [0.3, 0.4) is 0 Å². The third-order valence-corrected chi connectivity index (χ3v) is 4.86. The van der Waals surface area contributed by atoms with E-state index in [1.54, 1.807) is 0 Å². The molecule has 22 heavy (non-hydrogen) atoms. The Labute approximate surface area is 146 Å². The van der Waals surface area contributed by atoms with Crippen molar-refractivity contribution in [2.45, 2.75) is 33.1 Å². The normalized spacial score (nSPS) is 11.8. The minimum absolute atomic E-state index is 0.588. The van der Waals surface area contributed by atoms with Gasteiger partial charge in [-0.1, -0.05) is 41.9 Å². The molecule has 0 spiro atoms. The Balaban J connectivity index is 1.98. The second-order valence-electron chi connectivity index (χ2n) is 5.47. The van der Waals surface area contributed by atoms with Crippen molar-refractivity contribution in [2.75, 3.05) is 10.6 Å². The molecule has 0 saturated carbocycles. The highest BCUT2D eigenvalue weighted by Gasteiger charge is 2.04. The Morgan fingerprint density at radius 3 is 2.27 bits per heavy atom. The smallest absolute Gasteiger partial charge is 0.175 e.